The van der Waals surface area contributed by atoms with Gasteiger partial charge < -0.3 is 4.74 Å². The zero-order valence-electron chi connectivity index (χ0n) is 12.8. The van der Waals surface area contributed by atoms with E-state index in [4.69, 9.17) is 4.74 Å². The van der Waals surface area contributed by atoms with Crippen molar-refractivity contribution in [2.24, 2.45) is 0 Å². The molecule has 0 spiro atoms. The first-order chi connectivity index (χ1) is 8.83. The highest BCUT2D eigenvalue weighted by atomic mass is 28.2. The SMILES string of the molecule is CCCCCCCCCCC1([SiH2]C)CCCCO1. The smallest absolute Gasteiger partial charge is 0.0564 e. The van der Waals surface area contributed by atoms with E-state index in [1.165, 1.54) is 77.0 Å². The number of hydrogen-bond donors (Lipinski definition) is 0. The zero-order valence-corrected chi connectivity index (χ0v) is 14.2. The largest absolute Gasteiger partial charge is 0.379 e. The van der Waals surface area contributed by atoms with Crippen molar-refractivity contribution in [2.75, 3.05) is 6.61 Å². The molecule has 1 heterocycles. The fraction of sp³-hybridized carbons (Fsp3) is 1.00. The summed E-state index contributed by atoms with van der Waals surface area (Å²) >= 11 is 0. The fourth-order valence-electron chi connectivity index (χ4n) is 3.14. The molecular weight excluding hydrogens is 236 g/mol. The van der Waals surface area contributed by atoms with Crippen LogP contribution in [0.5, 0.6) is 0 Å². The molecule has 1 atom stereocenters. The van der Waals surface area contributed by atoms with E-state index in [1.54, 1.807) is 0 Å². The van der Waals surface area contributed by atoms with Gasteiger partial charge in [0, 0.05) is 6.61 Å². The van der Waals surface area contributed by atoms with E-state index in [1.807, 2.05) is 0 Å². The Labute approximate surface area is 117 Å². The van der Waals surface area contributed by atoms with Crippen LogP contribution in [0.2, 0.25) is 6.55 Å². The third-order valence-corrected chi connectivity index (χ3v) is 6.77. The maximum Gasteiger partial charge on any atom is 0.0564 e. The van der Waals surface area contributed by atoms with Crippen LogP contribution in [0.15, 0.2) is 0 Å². The second kappa shape index (κ2) is 10.0. The summed E-state index contributed by atoms with van der Waals surface area (Å²) in [7, 11) is -0.0116. The summed E-state index contributed by atoms with van der Waals surface area (Å²) in [5.41, 5.74) is 0. The number of ether oxygens (including phenoxy) is 1. The first-order valence-corrected chi connectivity index (χ1v) is 10.6. The van der Waals surface area contributed by atoms with Crippen LogP contribution < -0.4 is 0 Å². The van der Waals surface area contributed by atoms with E-state index in [2.05, 4.69) is 13.5 Å². The van der Waals surface area contributed by atoms with Crippen molar-refractivity contribution in [1.29, 1.82) is 0 Å². The maximum absolute atomic E-state index is 6.14. The molecule has 1 rings (SSSR count). The van der Waals surface area contributed by atoms with Crippen LogP contribution in [0.25, 0.3) is 0 Å². The zero-order chi connectivity index (χ0) is 13.1. The van der Waals surface area contributed by atoms with Crippen molar-refractivity contribution in [1.82, 2.24) is 0 Å². The predicted octanol–water partition coefficient (Wildman–Crippen LogP) is 4.63. The number of rotatable bonds is 10. The number of unbranched alkanes of at least 4 members (excludes halogenated alkanes) is 7. The Kier molecular flexibility index (Phi) is 9.04. The Morgan fingerprint density at radius 3 is 2.17 bits per heavy atom. The first kappa shape index (κ1) is 16.2. The molecule has 2 heteroatoms. The van der Waals surface area contributed by atoms with Gasteiger partial charge in [-0.15, -0.1) is 0 Å². The molecule has 0 aliphatic carbocycles. The molecule has 108 valence electrons. The summed E-state index contributed by atoms with van der Waals surface area (Å²) in [6.07, 6.45) is 16.9. The van der Waals surface area contributed by atoms with Gasteiger partial charge in [0.25, 0.3) is 0 Å². The third kappa shape index (κ3) is 6.37. The van der Waals surface area contributed by atoms with Crippen molar-refractivity contribution in [2.45, 2.75) is 95.7 Å². The van der Waals surface area contributed by atoms with Crippen molar-refractivity contribution < 1.29 is 4.74 Å². The van der Waals surface area contributed by atoms with Gasteiger partial charge in [-0.1, -0.05) is 64.8 Å². The monoisotopic (exact) mass is 270 g/mol. The minimum atomic E-state index is -0.0116. The van der Waals surface area contributed by atoms with Gasteiger partial charge >= 0.3 is 0 Å². The van der Waals surface area contributed by atoms with Gasteiger partial charge in [-0.2, -0.15) is 0 Å². The average molecular weight is 271 g/mol. The summed E-state index contributed by atoms with van der Waals surface area (Å²) in [6.45, 7) is 5.77. The molecule has 0 radical (unpaired) electrons. The Balaban J connectivity index is 1.98. The molecule has 0 aromatic rings. The Morgan fingerprint density at radius 2 is 1.61 bits per heavy atom. The molecule has 0 bridgehead atoms. The van der Waals surface area contributed by atoms with Crippen LogP contribution in [0.4, 0.5) is 0 Å². The standard InChI is InChI=1S/C16H34OSi/c1-3-4-5-6-7-8-9-10-13-16(18-2)14-11-12-15-17-16/h3-15,18H2,1-2H3. The lowest BCUT2D eigenvalue weighted by atomic mass is 10.0. The lowest BCUT2D eigenvalue weighted by Gasteiger charge is -2.36. The van der Waals surface area contributed by atoms with E-state index >= 15 is 0 Å². The Bertz CT molecular complexity index is 188. The first-order valence-electron chi connectivity index (χ1n) is 8.47. The average Bonchev–Trinajstić information content (AvgIpc) is 2.43. The summed E-state index contributed by atoms with van der Waals surface area (Å²) in [5.74, 6) is 0. The van der Waals surface area contributed by atoms with Gasteiger partial charge in [0.15, 0.2) is 0 Å². The van der Waals surface area contributed by atoms with E-state index in [0.29, 0.717) is 5.22 Å². The van der Waals surface area contributed by atoms with Crippen LogP contribution in [-0.4, -0.2) is 21.4 Å². The van der Waals surface area contributed by atoms with Crippen molar-refractivity contribution in [3.05, 3.63) is 0 Å². The molecule has 0 amide bonds. The third-order valence-electron chi connectivity index (χ3n) is 4.57. The lowest BCUT2D eigenvalue weighted by Crippen LogP contribution is -2.41. The van der Waals surface area contributed by atoms with Crippen LogP contribution >= 0.6 is 0 Å². The summed E-state index contributed by atoms with van der Waals surface area (Å²) in [4.78, 5) is 0. The molecule has 0 saturated carbocycles. The van der Waals surface area contributed by atoms with Crippen LogP contribution in [0, 0.1) is 0 Å². The Hall–Kier alpha value is 0.177. The Morgan fingerprint density at radius 1 is 0.944 bits per heavy atom. The van der Waals surface area contributed by atoms with Gasteiger partial charge in [0.1, 0.15) is 0 Å². The molecule has 1 aliphatic heterocycles. The molecule has 18 heavy (non-hydrogen) atoms. The summed E-state index contributed by atoms with van der Waals surface area (Å²) < 4.78 is 6.14. The number of hydrogen-bond acceptors (Lipinski definition) is 1. The molecular formula is C16H34OSi. The topological polar surface area (TPSA) is 9.23 Å². The minimum Gasteiger partial charge on any atom is -0.379 e. The highest BCUT2D eigenvalue weighted by molar-refractivity contribution is 6.37. The molecule has 1 aliphatic rings. The fourth-order valence-corrected chi connectivity index (χ4v) is 4.70. The molecule has 0 N–H and O–H groups in total. The van der Waals surface area contributed by atoms with E-state index in [-0.39, 0.29) is 9.52 Å². The highest BCUT2D eigenvalue weighted by Crippen LogP contribution is 2.29. The second-order valence-corrected chi connectivity index (χ2v) is 8.06. The lowest BCUT2D eigenvalue weighted by molar-refractivity contribution is -0.0264. The normalized spacial score (nSPS) is 25.0. The highest BCUT2D eigenvalue weighted by Gasteiger charge is 2.30. The van der Waals surface area contributed by atoms with Crippen molar-refractivity contribution >= 4 is 9.52 Å². The maximum atomic E-state index is 6.14. The van der Waals surface area contributed by atoms with Gasteiger partial charge in [-0.05, 0) is 25.7 Å². The molecule has 0 aromatic carbocycles. The molecule has 1 saturated heterocycles. The molecule has 1 nitrogen and oxygen atoms in total. The van der Waals surface area contributed by atoms with Gasteiger partial charge in [0.05, 0.1) is 14.7 Å². The van der Waals surface area contributed by atoms with Crippen molar-refractivity contribution in [3.63, 3.8) is 0 Å². The van der Waals surface area contributed by atoms with Gasteiger partial charge in [-0.25, -0.2) is 0 Å². The van der Waals surface area contributed by atoms with Gasteiger partial charge in [0.2, 0.25) is 0 Å². The quantitative estimate of drug-likeness (QED) is 0.415. The van der Waals surface area contributed by atoms with E-state index < -0.39 is 0 Å². The van der Waals surface area contributed by atoms with Crippen molar-refractivity contribution in [3.8, 4) is 0 Å². The second-order valence-electron chi connectivity index (χ2n) is 6.07. The molecule has 1 unspecified atom stereocenters. The minimum absolute atomic E-state index is 0.0116. The summed E-state index contributed by atoms with van der Waals surface area (Å²) in [6, 6.07) is 0. The van der Waals surface area contributed by atoms with Gasteiger partial charge in [-0.3, -0.25) is 0 Å². The van der Waals surface area contributed by atoms with Crippen LogP contribution in [0.1, 0.15) is 84.0 Å². The van der Waals surface area contributed by atoms with Crippen LogP contribution in [0.3, 0.4) is 0 Å². The molecule has 1 fully saturated rings. The summed E-state index contributed by atoms with van der Waals surface area (Å²) in [5, 5.41) is 0.403. The van der Waals surface area contributed by atoms with E-state index in [9.17, 15) is 0 Å². The van der Waals surface area contributed by atoms with Crippen LogP contribution in [-0.2, 0) is 4.74 Å². The van der Waals surface area contributed by atoms with E-state index in [0.717, 1.165) is 6.61 Å². The predicted molar refractivity (Wildman–Crippen MR) is 84.2 cm³/mol. The molecule has 0 aromatic heterocycles.